The standard InChI is InChI=1S/C16H18ClFN2O/c1-4-10(3)15-11(5-2)9-14(19-20-15)21-16-12(17)7-6-8-13(16)18/h6-10H,4-5H2,1-3H3. The van der Waals surface area contributed by atoms with Crippen molar-refractivity contribution in [2.24, 2.45) is 0 Å². The normalized spacial score (nSPS) is 12.2. The highest BCUT2D eigenvalue weighted by Crippen LogP contribution is 2.32. The molecule has 1 unspecified atom stereocenters. The van der Waals surface area contributed by atoms with Crippen molar-refractivity contribution in [1.29, 1.82) is 0 Å². The van der Waals surface area contributed by atoms with Gasteiger partial charge in [0.05, 0.1) is 10.7 Å². The van der Waals surface area contributed by atoms with Crippen molar-refractivity contribution in [1.82, 2.24) is 10.2 Å². The molecule has 1 aromatic carbocycles. The zero-order chi connectivity index (χ0) is 15.4. The van der Waals surface area contributed by atoms with Gasteiger partial charge in [0.1, 0.15) is 0 Å². The maximum absolute atomic E-state index is 13.7. The highest BCUT2D eigenvalue weighted by atomic mass is 35.5. The number of nitrogens with zero attached hydrogens (tertiary/aromatic N) is 2. The number of ether oxygens (including phenoxy) is 1. The van der Waals surface area contributed by atoms with Gasteiger partial charge in [0, 0.05) is 12.0 Å². The number of hydrogen-bond acceptors (Lipinski definition) is 3. The van der Waals surface area contributed by atoms with E-state index < -0.39 is 5.82 Å². The van der Waals surface area contributed by atoms with Gasteiger partial charge in [-0.3, -0.25) is 0 Å². The molecule has 2 aromatic rings. The third kappa shape index (κ3) is 3.50. The highest BCUT2D eigenvalue weighted by molar-refractivity contribution is 6.32. The molecule has 0 saturated carbocycles. The zero-order valence-electron chi connectivity index (χ0n) is 12.4. The molecule has 0 spiro atoms. The summed E-state index contributed by atoms with van der Waals surface area (Å²) >= 11 is 5.94. The summed E-state index contributed by atoms with van der Waals surface area (Å²) in [6, 6.07) is 6.20. The third-order valence-electron chi connectivity index (χ3n) is 3.47. The van der Waals surface area contributed by atoms with Crippen LogP contribution >= 0.6 is 11.6 Å². The lowest BCUT2D eigenvalue weighted by Gasteiger charge is -2.13. The molecule has 21 heavy (non-hydrogen) atoms. The Balaban J connectivity index is 2.34. The molecule has 1 atom stereocenters. The van der Waals surface area contributed by atoms with E-state index in [9.17, 15) is 4.39 Å². The van der Waals surface area contributed by atoms with Crippen molar-refractivity contribution in [2.45, 2.75) is 39.5 Å². The van der Waals surface area contributed by atoms with Gasteiger partial charge in [0.25, 0.3) is 0 Å². The lowest BCUT2D eigenvalue weighted by atomic mass is 9.99. The first-order chi connectivity index (χ1) is 10.1. The summed E-state index contributed by atoms with van der Waals surface area (Å²) in [5.41, 5.74) is 2.02. The predicted octanol–water partition coefficient (Wildman–Crippen LogP) is 5.14. The molecule has 0 N–H and O–H groups in total. The summed E-state index contributed by atoms with van der Waals surface area (Å²) < 4.78 is 19.2. The van der Waals surface area contributed by atoms with Gasteiger partial charge in [0.2, 0.25) is 5.88 Å². The molecule has 0 fully saturated rings. The van der Waals surface area contributed by atoms with Gasteiger partial charge in [-0.25, -0.2) is 4.39 Å². The number of rotatable bonds is 5. The second kappa shape index (κ2) is 6.85. The minimum absolute atomic E-state index is 0.0215. The van der Waals surface area contributed by atoms with Crippen LogP contribution in [0, 0.1) is 5.82 Å². The van der Waals surface area contributed by atoms with E-state index in [0.717, 1.165) is 24.1 Å². The van der Waals surface area contributed by atoms with Crippen molar-refractivity contribution < 1.29 is 9.13 Å². The molecule has 5 heteroatoms. The van der Waals surface area contributed by atoms with E-state index in [1.165, 1.54) is 12.1 Å². The van der Waals surface area contributed by atoms with E-state index >= 15 is 0 Å². The molecular weight excluding hydrogens is 291 g/mol. The number of aryl methyl sites for hydroxylation is 1. The summed E-state index contributed by atoms with van der Waals surface area (Å²) in [6.45, 7) is 6.26. The molecule has 112 valence electrons. The van der Waals surface area contributed by atoms with Gasteiger partial charge in [-0.05, 0) is 30.5 Å². The van der Waals surface area contributed by atoms with Crippen molar-refractivity contribution in [2.75, 3.05) is 0 Å². The molecule has 2 rings (SSSR count). The number of hydrogen-bond donors (Lipinski definition) is 0. The summed E-state index contributed by atoms with van der Waals surface area (Å²) in [5.74, 6) is 0.0459. The SMILES string of the molecule is CCc1cc(Oc2c(F)cccc2Cl)nnc1C(C)CC. The Bertz CT molecular complexity index is 613. The Morgan fingerprint density at radius 1 is 1.29 bits per heavy atom. The largest absolute Gasteiger partial charge is 0.433 e. The Labute approximate surface area is 129 Å². The second-order valence-electron chi connectivity index (χ2n) is 4.91. The van der Waals surface area contributed by atoms with E-state index in [1.54, 1.807) is 12.1 Å². The molecule has 0 saturated heterocycles. The zero-order valence-corrected chi connectivity index (χ0v) is 13.1. The maximum Gasteiger partial charge on any atom is 0.239 e. The number of halogens is 2. The fourth-order valence-electron chi connectivity index (χ4n) is 2.05. The Morgan fingerprint density at radius 2 is 2.05 bits per heavy atom. The third-order valence-corrected chi connectivity index (χ3v) is 3.77. The smallest absolute Gasteiger partial charge is 0.239 e. The molecule has 1 aromatic heterocycles. The predicted molar refractivity (Wildman–Crippen MR) is 81.6 cm³/mol. The molecule has 0 amide bonds. The van der Waals surface area contributed by atoms with Crippen LogP contribution in [-0.4, -0.2) is 10.2 Å². The number of benzene rings is 1. The van der Waals surface area contributed by atoms with E-state index in [0.29, 0.717) is 5.92 Å². The summed E-state index contributed by atoms with van der Waals surface area (Å²) in [6.07, 6.45) is 1.80. The molecule has 0 aliphatic rings. The van der Waals surface area contributed by atoms with Crippen LogP contribution in [0.3, 0.4) is 0 Å². The first kappa shape index (κ1) is 15.7. The van der Waals surface area contributed by atoms with Crippen LogP contribution in [0.2, 0.25) is 5.02 Å². The lowest BCUT2D eigenvalue weighted by molar-refractivity contribution is 0.419. The fraction of sp³-hybridized carbons (Fsp3) is 0.375. The van der Waals surface area contributed by atoms with Gasteiger partial charge in [0.15, 0.2) is 11.6 Å². The quantitative estimate of drug-likeness (QED) is 0.767. The van der Waals surface area contributed by atoms with E-state index in [1.807, 2.05) is 6.92 Å². The number of aromatic nitrogens is 2. The average molecular weight is 309 g/mol. The van der Waals surface area contributed by atoms with Crippen LogP contribution < -0.4 is 4.74 Å². The molecule has 0 aliphatic heterocycles. The first-order valence-corrected chi connectivity index (χ1v) is 7.42. The summed E-state index contributed by atoms with van der Waals surface area (Å²) in [4.78, 5) is 0. The maximum atomic E-state index is 13.7. The first-order valence-electron chi connectivity index (χ1n) is 7.05. The Kier molecular flexibility index (Phi) is 5.12. The minimum atomic E-state index is -0.520. The summed E-state index contributed by atoms with van der Waals surface area (Å²) in [7, 11) is 0. The Morgan fingerprint density at radius 3 is 2.67 bits per heavy atom. The van der Waals surface area contributed by atoms with E-state index in [-0.39, 0.29) is 16.7 Å². The van der Waals surface area contributed by atoms with Gasteiger partial charge >= 0.3 is 0 Å². The van der Waals surface area contributed by atoms with Gasteiger partial charge < -0.3 is 4.74 Å². The molecule has 0 radical (unpaired) electrons. The van der Waals surface area contributed by atoms with Crippen LogP contribution in [0.25, 0.3) is 0 Å². The van der Waals surface area contributed by atoms with E-state index in [2.05, 4.69) is 24.0 Å². The fourth-order valence-corrected chi connectivity index (χ4v) is 2.25. The lowest BCUT2D eigenvalue weighted by Crippen LogP contribution is -2.05. The van der Waals surface area contributed by atoms with Crippen molar-refractivity contribution in [3.63, 3.8) is 0 Å². The number of para-hydroxylation sites is 1. The second-order valence-corrected chi connectivity index (χ2v) is 5.32. The minimum Gasteiger partial charge on any atom is -0.433 e. The van der Waals surface area contributed by atoms with Crippen molar-refractivity contribution in [3.8, 4) is 11.6 Å². The summed E-state index contributed by atoms with van der Waals surface area (Å²) in [5, 5.41) is 8.48. The highest BCUT2D eigenvalue weighted by Gasteiger charge is 2.15. The Hall–Kier alpha value is -1.68. The topological polar surface area (TPSA) is 35.0 Å². The van der Waals surface area contributed by atoms with Crippen LogP contribution in [0.15, 0.2) is 24.3 Å². The van der Waals surface area contributed by atoms with Gasteiger partial charge in [-0.15, -0.1) is 5.10 Å². The van der Waals surface area contributed by atoms with Crippen LogP contribution in [-0.2, 0) is 6.42 Å². The molecule has 1 heterocycles. The van der Waals surface area contributed by atoms with Gasteiger partial charge in [-0.1, -0.05) is 38.4 Å². The molecule has 0 bridgehead atoms. The van der Waals surface area contributed by atoms with E-state index in [4.69, 9.17) is 16.3 Å². The van der Waals surface area contributed by atoms with Crippen LogP contribution in [0.1, 0.15) is 44.4 Å². The molecule has 3 nitrogen and oxygen atoms in total. The van der Waals surface area contributed by atoms with Crippen LogP contribution in [0.5, 0.6) is 11.6 Å². The average Bonchev–Trinajstić information content (AvgIpc) is 2.50. The monoisotopic (exact) mass is 308 g/mol. The van der Waals surface area contributed by atoms with Crippen molar-refractivity contribution >= 4 is 11.6 Å². The van der Waals surface area contributed by atoms with Gasteiger partial charge in [-0.2, -0.15) is 5.10 Å². The van der Waals surface area contributed by atoms with Crippen molar-refractivity contribution in [3.05, 3.63) is 46.4 Å². The molecule has 0 aliphatic carbocycles. The van der Waals surface area contributed by atoms with Crippen LogP contribution in [0.4, 0.5) is 4.39 Å². The molecular formula is C16H18ClFN2O.